The lowest BCUT2D eigenvalue weighted by molar-refractivity contribution is -0.117. The number of hydrogen-bond donors (Lipinski definition) is 0. The van der Waals surface area contributed by atoms with Crippen LogP contribution in [0.15, 0.2) is 73.8 Å². The van der Waals surface area contributed by atoms with Gasteiger partial charge in [0.2, 0.25) is 11.8 Å². The number of benzene rings is 2. The Morgan fingerprint density at radius 2 is 1.13 bits per heavy atom. The molecule has 0 aliphatic carbocycles. The first-order valence-electron chi connectivity index (χ1n) is 10.4. The Kier molecular flexibility index (Phi) is 5.80. The maximum absolute atomic E-state index is 13.0. The fourth-order valence-electron chi connectivity index (χ4n) is 4.44. The largest absolute Gasteiger partial charge is 0.490 e. The first-order valence-corrected chi connectivity index (χ1v) is 10.4. The quantitative estimate of drug-likeness (QED) is 0.594. The summed E-state index contributed by atoms with van der Waals surface area (Å²) < 4.78 is 11.1. The summed E-state index contributed by atoms with van der Waals surface area (Å²) in [5, 5.41) is 0. The van der Waals surface area contributed by atoms with Crippen molar-refractivity contribution < 1.29 is 19.1 Å². The predicted molar refractivity (Wildman–Crippen MR) is 120 cm³/mol. The fraction of sp³-hybridized carbons (Fsp3) is 0.280. The van der Waals surface area contributed by atoms with Crippen LogP contribution >= 0.6 is 0 Å². The summed E-state index contributed by atoms with van der Waals surface area (Å²) in [7, 11) is 0. The van der Waals surface area contributed by atoms with Crippen LogP contribution in [-0.2, 0) is 9.59 Å². The Morgan fingerprint density at radius 1 is 0.742 bits per heavy atom. The van der Waals surface area contributed by atoms with E-state index in [1.807, 2.05) is 48.5 Å². The second-order valence-electron chi connectivity index (χ2n) is 7.63. The van der Waals surface area contributed by atoms with Crippen molar-refractivity contribution in [3.63, 3.8) is 0 Å². The van der Waals surface area contributed by atoms with Crippen LogP contribution in [0, 0.1) is 0 Å². The molecule has 31 heavy (non-hydrogen) atoms. The van der Waals surface area contributed by atoms with E-state index < -0.39 is 5.66 Å². The van der Waals surface area contributed by atoms with Gasteiger partial charge in [-0.2, -0.15) is 0 Å². The van der Waals surface area contributed by atoms with Gasteiger partial charge in [-0.1, -0.05) is 25.3 Å². The van der Waals surface area contributed by atoms with E-state index in [1.54, 1.807) is 22.0 Å². The average Bonchev–Trinajstić information content (AvgIpc) is 3.30. The van der Waals surface area contributed by atoms with Gasteiger partial charge < -0.3 is 9.47 Å². The Hall–Kier alpha value is -3.54. The van der Waals surface area contributed by atoms with Crippen molar-refractivity contribution in [2.45, 2.75) is 31.3 Å². The molecule has 0 atom stereocenters. The smallest absolute Gasteiger partial charge is 0.229 e. The molecule has 2 saturated heterocycles. The minimum atomic E-state index is -0.693. The topological polar surface area (TPSA) is 59.1 Å². The number of carbonyl (C=O) groups excluding carboxylic acids is 2. The van der Waals surface area contributed by atoms with Crippen LogP contribution in [0.3, 0.4) is 0 Å². The minimum absolute atomic E-state index is 0.0189. The van der Waals surface area contributed by atoms with Gasteiger partial charge in [-0.25, -0.2) is 0 Å². The van der Waals surface area contributed by atoms with Gasteiger partial charge >= 0.3 is 0 Å². The molecule has 2 aromatic carbocycles. The third-order valence-electron chi connectivity index (χ3n) is 5.74. The highest BCUT2D eigenvalue weighted by atomic mass is 16.5. The summed E-state index contributed by atoms with van der Waals surface area (Å²) in [5.74, 6) is 1.45. The van der Waals surface area contributed by atoms with Crippen molar-refractivity contribution in [1.82, 2.24) is 0 Å². The van der Waals surface area contributed by atoms with E-state index in [-0.39, 0.29) is 11.8 Å². The van der Waals surface area contributed by atoms with Gasteiger partial charge in [-0.05, 0) is 61.4 Å². The van der Waals surface area contributed by atoms with Crippen molar-refractivity contribution in [2.24, 2.45) is 0 Å². The minimum Gasteiger partial charge on any atom is -0.490 e. The summed E-state index contributed by atoms with van der Waals surface area (Å²) in [6.45, 7) is 8.14. The number of rotatable bonds is 8. The molecule has 2 heterocycles. The van der Waals surface area contributed by atoms with Crippen LogP contribution in [0.25, 0.3) is 0 Å². The average molecular weight is 418 g/mol. The van der Waals surface area contributed by atoms with Gasteiger partial charge in [0.15, 0.2) is 0 Å². The Bertz CT molecular complexity index is 900. The number of nitrogens with zero attached hydrogens (tertiary/aromatic N) is 2. The van der Waals surface area contributed by atoms with Crippen LogP contribution < -0.4 is 19.3 Å². The normalized spacial score (nSPS) is 17.3. The standard InChI is InChI=1S/C25H26N2O4/c1-3-17-30-21-9-5-19(6-10-21)26-23(28)13-15-25(26)16-14-24(29)27(25)20-7-11-22(12-8-20)31-18-4-2/h3-12H,1-2,13-18H2. The number of ether oxygens (including phenoxy) is 2. The number of carbonyl (C=O) groups is 2. The molecule has 2 aliphatic heterocycles. The Balaban J connectivity index is 1.66. The van der Waals surface area contributed by atoms with E-state index in [0.29, 0.717) is 50.4 Å². The molecule has 2 amide bonds. The van der Waals surface area contributed by atoms with Gasteiger partial charge in [-0.15, -0.1) is 0 Å². The lowest BCUT2D eigenvalue weighted by atomic mass is 10.0. The third-order valence-corrected chi connectivity index (χ3v) is 5.74. The number of amides is 2. The van der Waals surface area contributed by atoms with E-state index in [4.69, 9.17) is 9.47 Å². The molecule has 6 heteroatoms. The maximum Gasteiger partial charge on any atom is 0.229 e. The molecule has 0 saturated carbocycles. The van der Waals surface area contributed by atoms with Crippen LogP contribution in [0.1, 0.15) is 25.7 Å². The summed E-state index contributed by atoms with van der Waals surface area (Å²) in [5.41, 5.74) is 0.833. The first kappa shape index (κ1) is 20.7. The summed E-state index contributed by atoms with van der Waals surface area (Å²) in [4.78, 5) is 29.5. The molecule has 4 rings (SSSR count). The molecular weight excluding hydrogens is 392 g/mol. The molecular formula is C25H26N2O4. The first-order chi connectivity index (χ1) is 15.1. The highest BCUT2D eigenvalue weighted by Gasteiger charge is 2.56. The number of hydrogen-bond acceptors (Lipinski definition) is 4. The van der Waals surface area contributed by atoms with Crippen LogP contribution in [0.2, 0.25) is 0 Å². The molecule has 0 aromatic heterocycles. The lowest BCUT2D eigenvalue weighted by Gasteiger charge is -2.42. The van der Waals surface area contributed by atoms with Crippen LogP contribution in [0.5, 0.6) is 11.5 Å². The molecule has 0 N–H and O–H groups in total. The van der Waals surface area contributed by atoms with Gasteiger partial charge in [0.05, 0.1) is 0 Å². The van der Waals surface area contributed by atoms with Crippen molar-refractivity contribution in [3.05, 3.63) is 73.8 Å². The van der Waals surface area contributed by atoms with Gasteiger partial charge in [0.25, 0.3) is 0 Å². The molecule has 0 bridgehead atoms. The lowest BCUT2D eigenvalue weighted by Crippen LogP contribution is -2.56. The van der Waals surface area contributed by atoms with E-state index in [2.05, 4.69) is 13.2 Å². The second-order valence-corrected chi connectivity index (χ2v) is 7.63. The van der Waals surface area contributed by atoms with Gasteiger partial charge in [-0.3, -0.25) is 19.4 Å². The van der Waals surface area contributed by atoms with Crippen molar-refractivity contribution >= 4 is 23.2 Å². The SMILES string of the molecule is C=CCOc1ccc(N2C(=O)CCC23CCC(=O)N3c2ccc(OCC=C)cc2)cc1. The molecule has 160 valence electrons. The van der Waals surface area contributed by atoms with Gasteiger partial charge in [0.1, 0.15) is 30.4 Å². The second kappa shape index (κ2) is 8.68. The predicted octanol–water partition coefficient (Wildman–Crippen LogP) is 4.47. The third kappa shape index (κ3) is 3.81. The van der Waals surface area contributed by atoms with E-state index in [1.165, 1.54) is 0 Å². The van der Waals surface area contributed by atoms with Gasteiger partial charge in [0, 0.05) is 24.2 Å². The molecule has 0 radical (unpaired) electrons. The monoisotopic (exact) mass is 418 g/mol. The Labute approximate surface area is 182 Å². The van der Waals surface area contributed by atoms with Crippen molar-refractivity contribution in [3.8, 4) is 11.5 Å². The molecule has 2 fully saturated rings. The molecule has 6 nitrogen and oxygen atoms in total. The maximum atomic E-state index is 13.0. The zero-order chi connectivity index (χ0) is 21.8. The fourth-order valence-corrected chi connectivity index (χ4v) is 4.44. The zero-order valence-electron chi connectivity index (χ0n) is 17.5. The zero-order valence-corrected chi connectivity index (χ0v) is 17.5. The summed E-state index contributed by atoms with van der Waals surface area (Å²) in [6, 6.07) is 14.8. The molecule has 2 aliphatic rings. The summed E-state index contributed by atoms with van der Waals surface area (Å²) in [6.07, 6.45) is 5.37. The van der Waals surface area contributed by atoms with E-state index in [0.717, 1.165) is 11.4 Å². The van der Waals surface area contributed by atoms with Crippen LogP contribution in [-0.4, -0.2) is 30.7 Å². The number of anilines is 2. The van der Waals surface area contributed by atoms with E-state index in [9.17, 15) is 9.59 Å². The van der Waals surface area contributed by atoms with Crippen molar-refractivity contribution in [1.29, 1.82) is 0 Å². The Morgan fingerprint density at radius 3 is 1.48 bits per heavy atom. The highest BCUT2D eigenvalue weighted by Crippen LogP contribution is 2.47. The van der Waals surface area contributed by atoms with Crippen molar-refractivity contribution in [2.75, 3.05) is 23.0 Å². The molecule has 0 unspecified atom stereocenters. The van der Waals surface area contributed by atoms with Crippen LogP contribution in [0.4, 0.5) is 11.4 Å². The molecule has 1 spiro atoms. The summed E-state index contributed by atoms with van der Waals surface area (Å²) >= 11 is 0. The van der Waals surface area contributed by atoms with E-state index >= 15 is 0 Å². The highest BCUT2D eigenvalue weighted by molar-refractivity contribution is 6.05. The molecule has 2 aromatic rings.